The number of hydrogen-bond acceptors (Lipinski definition) is 1. The van der Waals surface area contributed by atoms with Crippen molar-refractivity contribution >= 4 is 11.5 Å². The first-order valence-electron chi connectivity index (χ1n) is 7.32. The van der Waals surface area contributed by atoms with Crippen LogP contribution in [-0.2, 0) is 11.2 Å². The smallest absolute Gasteiger partial charge is 0.331 e. The number of allylic oxidation sites excluding steroid dienone is 1. The summed E-state index contributed by atoms with van der Waals surface area (Å²) in [5.41, 5.74) is 4.35. The van der Waals surface area contributed by atoms with Gasteiger partial charge >= 0.3 is 5.97 Å². The number of carboxylic acid groups (broad SMARTS) is 1. The Bertz CT molecular complexity index is 522. The molecular weight excluding hydrogens is 236 g/mol. The highest BCUT2D eigenvalue weighted by Crippen LogP contribution is 2.42. The lowest BCUT2D eigenvalue weighted by atomic mass is 9.74. The molecule has 1 N–H and O–H groups in total. The molecule has 2 aliphatic carbocycles. The SMILES string of the molecule is O=C(O)C1=C(C2CCCCC2)c2ccccc2CC1. The van der Waals surface area contributed by atoms with Gasteiger partial charge in [0.15, 0.2) is 0 Å². The van der Waals surface area contributed by atoms with Crippen LogP contribution in [0.5, 0.6) is 0 Å². The fraction of sp³-hybridized carbons (Fsp3) is 0.471. The minimum absolute atomic E-state index is 0.460. The van der Waals surface area contributed by atoms with E-state index in [4.69, 9.17) is 0 Å². The highest BCUT2D eigenvalue weighted by molar-refractivity contribution is 5.98. The second kappa shape index (κ2) is 5.20. The van der Waals surface area contributed by atoms with Crippen LogP contribution in [0.1, 0.15) is 49.7 Å². The molecule has 0 atom stereocenters. The zero-order valence-electron chi connectivity index (χ0n) is 11.2. The van der Waals surface area contributed by atoms with Crippen LogP contribution < -0.4 is 0 Å². The minimum atomic E-state index is -0.713. The first kappa shape index (κ1) is 12.5. The third-order valence-corrected chi connectivity index (χ3v) is 4.55. The highest BCUT2D eigenvalue weighted by Gasteiger charge is 2.29. The van der Waals surface area contributed by atoms with Crippen molar-refractivity contribution in [2.45, 2.75) is 44.9 Å². The lowest BCUT2D eigenvalue weighted by Crippen LogP contribution is -2.18. The van der Waals surface area contributed by atoms with E-state index in [1.807, 2.05) is 6.07 Å². The van der Waals surface area contributed by atoms with E-state index in [0.29, 0.717) is 17.9 Å². The Balaban J connectivity index is 2.09. The molecule has 0 aliphatic heterocycles. The molecule has 2 heteroatoms. The number of carboxylic acids is 1. The molecule has 0 amide bonds. The Hall–Kier alpha value is -1.57. The second-order valence-corrected chi connectivity index (χ2v) is 5.69. The number of carbonyl (C=O) groups is 1. The molecule has 2 aliphatic rings. The summed E-state index contributed by atoms with van der Waals surface area (Å²) in [6, 6.07) is 8.35. The lowest BCUT2D eigenvalue weighted by Gasteiger charge is -2.30. The Morgan fingerprint density at radius 3 is 2.53 bits per heavy atom. The van der Waals surface area contributed by atoms with Crippen molar-refractivity contribution < 1.29 is 9.90 Å². The van der Waals surface area contributed by atoms with Crippen molar-refractivity contribution in [3.8, 4) is 0 Å². The van der Waals surface area contributed by atoms with Gasteiger partial charge in [-0.2, -0.15) is 0 Å². The van der Waals surface area contributed by atoms with Crippen molar-refractivity contribution in [3.05, 3.63) is 41.0 Å². The highest BCUT2D eigenvalue weighted by atomic mass is 16.4. The van der Waals surface area contributed by atoms with Gasteiger partial charge in [0.1, 0.15) is 0 Å². The van der Waals surface area contributed by atoms with E-state index < -0.39 is 5.97 Å². The maximum absolute atomic E-state index is 11.6. The van der Waals surface area contributed by atoms with E-state index in [9.17, 15) is 9.90 Å². The molecule has 0 heterocycles. The number of hydrogen-bond donors (Lipinski definition) is 1. The van der Waals surface area contributed by atoms with Crippen molar-refractivity contribution in [1.82, 2.24) is 0 Å². The first-order chi connectivity index (χ1) is 9.27. The van der Waals surface area contributed by atoms with Gasteiger partial charge in [-0.15, -0.1) is 0 Å². The zero-order valence-corrected chi connectivity index (χ0v) is 11.2. The van der Waals surface area contributed by atoms with Gasteiger partial charge in [0.05, 0.1) is 0 Å². The van der Waals surface area contributed by atoms with E-state index in [2.05, 4.69) is 18.2 Å². The molecule has 1 aromatic carbocycles. The monoisotopic (exact) mass is 256 g/mol. The number of aliphatic carboxylic acids is 1. The number of aryl methyl sites for hydroxylation is 1. The molecule has 1 fully saturated rings. The van der Waals surface area contributed by atoms with Gasteiger partial charge in [0, 0.05) is 5.57 Å². The first-order valence-corrected chi connectivity index (χ1v) is 7.32. The minimum Gasteiger partial charge on any atom is -0.478 e. The van der Waals surface area contributed by atoms with Crippen LogP contribution >= 0.6 is 0 Å². The van der Waals surface area contributed by atoms with Gasteiger partial charge in [0.2, 0.25) is 0 Å². The van der Waals surface area contributed by atoms with Gasteiger partial charge in [-0.05, 0) is 48.3 Å². The maximum atomic E-state index is 11.6. The van der Waals surface area contributed by atoms with Gasteiger partial charge in [0.25, 0.3) is 0 Å². The van der Waals surface area contributed by atoms with Crippen molar-refractivity contribution in [2.24, 2.45) is 5.92 Å². The Morgan fingerprint density at radius 1 is 1.05 bits per heavy atom. The molecule has 1 saturated carbocycles. The van der Waals surface area contributed by atoms with E-state index in [-0.39, 0.29) is 0 Å². The van der Waals surface area contributed by atoms with Gasteiger partial charge < -0.3 is 5.11 Å². The summed E-state index contributed by atoms with van der Waals surface area (Å²) in [5, 5.41) is 9.51. The number of fused-ring (bicyclic) bond motifs is 1. The lowest BCUT2D eigenvalue weighted by molar-refractivity contribution is -0.132. The van der Waals surface area contributed by atoms with Crippen LogP contribution in [0, 0.1) is 5.92 Å². The summed E-state index contributed by atoms with van der Waals surface area (Å²) >= 11 is 0. The fourth-order valence-electron chi connectivity index (χ4n) is 3.64. The van der Waals surface area contributed by atoms with E-state index in [0.717, 1.165) is 24.8 Å². The molecule has 0 saturated heterocycles. The van der Waals surface area contributed by atoms with Crippen LogP contribution in [0.2, 0.25) is 0 Å². The predicted octanol–water partition coefficient (Wildman–Crippen LogP) is 4.05. The second-order valence-electron chi connectivity index (χ2n) is 5.69. The predicted molar refractivity (Wildman–Crippen MR) is 75.9 cm³/mol. The number of benzene rings is 1. The molecular formula is C17H20O2. The maximum Gasteiger partial charge on any atom is 0.331 e. The molecule has 3 rings (SSSR count). The van der Waals surface area contributed by atoms with Crippen LogP contribution in [-0.4, -0.2) is 11.1 Å². The Kier molecular flexibility index (Phi) is 3.41. The molecule has 1 aromatic rings. The summed E-state index contributed by atoms with van der Waals surface area (Å²) in [4.78, 5) is 11.6. The van der Waals surface area contributed by atoms with E-state index in [1.54, 1.807) is 0 Å². The third kappa shape index (κ3) is 2.32. The van der Waals surface area contributed by atoms with Crippen LogP contribution in [0.15, 0.2) is 29.8 Å². The average molecular weight is 256 g/mol. The van der Waals surface area contributed by atoms with E-state index in [1.165, 1.54) is 30.4 Å². The van der Waals surface area contributed by atoms with Crippen LogP contribution in [0.4, 0.5) is 0 Å². The van der Waals surface area contributed by atoms with E-state index >= 15 is 0 Å². The summed E-state index contributed by atoms with van der Waals surface area (Å²) in [6.07, 6.45) is 7.65. The van der Waals surface area contributed by atoms with Gasteiger partial charge in [-0.25, -0.2) is 4.79 Å². The summed E-state index contributed by atoms with van der Waals surface area (Å²) < 4.78 is 0. The largest absolute Gasteiger partial charge is 0.478 e. The van der Waals surface area contributed by atoms with Crippen LogP contribution in [0.3, 0.4) is 0 Å². The summed E-state index contributed by atoms with van der Waals surface area (Å²) in [5.74, 6) is -0.253. The van der Waals surface area contributed by atoms with Crippen LogP contribution in [0.25, 0.3) is 5.57 Å². The standard InChI is InChI=1S/C17H20O2/c18-17(19)15-11-10-12-6-4-5-9-14(12)16(15)13-7-2-1-3-8-13/h4-6,9,13H,1-3,7-8,10-11H2,(H,18,19). The zero-order chi connectivity index (χ0) is 13.2. The van der Waals surface area contributed by atoms with Crippen molar-refractivity contribution in [1.29, 1.82) is 0 Å². The third-order valence-electron chi connectivity index (χ3n) is 4.55. The molecule has 0 radical (unpaired) electrons. The average Bonchev–Trinajstić information content (AvgIpc) is 2.46. The molecule has 0 aromatic heterocycles. The van der Waals surface area contributed by atoms with Gasteiger partial charge in [-0.1, -0.05) is 43.5 Å². The molecule has 0 bridgehead atoms. The van der Waals surface area contributed by atoms with Gasteiger partial charge in [-0.3, -0.25) is 0 Å². The fourth-order valence-corrected chi connectivity index (χ4v) is 3.64. The topological polar surface area (TPSA) is 37.3 Å². The normalized spacial score (nSPS) is 20.2. The summed E-state index contributed by atoms with van der Waals surface area (Å²) in [7, 11) is 0. The number of rotatable bonds is 2. The Labute approximate surface area is 114 Å². The molecule has 19 heavy (non-hydrogen) atoms. The summed E-state index contributed by atoms with van der Waals surface area (Å²) in [6.45, 7) is 0. The molecule has 2 nitrogen and oxygen atoms in total. The Morgan fingerprint density at radius 2 is 1.79 bits per heavy atom. The molecule has 0 spiro atoms. The quantitative estimate of drug-likeness (QED) is 0.866. The molecule has 0 unspecified atom stereocenters. The molecule has 100 valence electrons. The van der Waals surface area contributed by atoms with Crippen molar-refractivity contribution in [2.75, 3.05) is 0 Å². The van der Waals surface area contributed by atoms with Crippen molar-refractivity contribution in [3.63, 3.8) is 0 Å².